The summed E-state index contributed by atoms with van der Waals surface area (Å²) in [5.74, 6) is -0.699. The standard InChI is InChI=1S/C25H28ClF4N3O2S/c1-3-33(4-2)15-8-16-36(34)32-24-21(35-31-23(24)18-10-5-6-12-20(18)26)14-13-17-9-7-11-19(22(17)27)25(28,29)30/h5-7,9-12,32H,3-4,8,13-16H2,1-2H3. The minimum Gasteiger partial charge on any atom is -0.358 e. The van der Waals surface area contributed by atoms with Gasteiger partial charge in [0.2, 0.25) is 0 Å². The highest BCUT2D eigenvalue weighted by Crippen LogP contribution is 2.36. The van der Waals surface area contributed by atoms with Gasteiger partial charge in [0, 0.05) is 17.7 Å². The van der Waals surface area contributed by atoms with Crippen LogP contribution in [-0.2, 0) is 30.0 Å². The summed E-state index contributed by atoms with van der Waals surface area (Å²) in [5, 5.41) is 4.49. The molecule has 2 aromatic carbocycles. The van der Waals surface area contributed by atoms with Gasteiger partial charge in [0.25, 0.3) is 0 Å². The quantitative estimate of drug-likeness (QED) is 0.256. The van der Waals surface area contributed by atoms with E-state index in [2.05, 4.69) is 28.6 Å². The maximum Gasteiger partial charge on any atom is 0.419 e. The average Bonchev–Trinajstić information content (AvgIpc) is 3.22. The van der Waals surface area contributed by atoms with Crippen molar-refractivity contribution in [3.05, 3.63) is 70.2 Å². The Kier molecular flexibility index (Phi) is 9.92. The predicted octanol–water partition coefficient (Wildman–Crippen LogP) is 6.75. The van der Waals surface area contributed by atoms with Crippen LogP contribution in [0.3, 0.4) is 0 Å². The van der Waals surface area contributed by atoms with Gasteiger partial charge in [-0.2, -0.15) is 13.2 Å². The number of alkyl halides is 3. The van der Waals surface area contributed by atoms with Gasteiger partial charge in [-0.05, 0) is 50.2 Å². The second kappa shape index (κ2) is 12.7. The van der Waals surface area contributed by atoms with E-state index < -0.39 is 28.5 Å². The van der Waals surface area contributed by atoms with Crippen molar-refractivity contribution in [3.63, 3.8) is 0 Å². The lowest BCUT2D eigenvalue weighted by molar-refractivity contribution is -0.140. The largest absolute Gasteiger partial charge is 0.419 e. The van der Waals surface area contributed by atoms with Crippen molar-refractivity contribution in [3.8, 4) is 11.3 Å². The van der Waals surface area contributed by atoms with Crippen LogP contribution in [0.1, 0.15) is 37.2 Å². The predicted molar refractivity (Wildman–Crippen MR) is 135 cm³/mol. The van der Waals surface area contributed by atoms with Crippen LogP contribution in [0.5, 0.6) is 0 Å². The van der Waals surface area contributed by atoms with E-state index in [1.54, 1.807) is 24.3 Å². The molecule has 0 saturated carbocycles. The van der Waals surface area contributed by atoms with Crippen LogP contribution in [0, 0.1) is 5.82 Å². The Bertz CT molecular complexity index is 1180. The van der Waals surface area contributed by atoms with Crippen molar-refractivity contribution >= 4 is 28.3 Å². The minimum absolute atomic E-state index is 0.0364. The fraction of sp³-hybridized carbons (Fsp3) is 0.400. The van der Waals surface area contributed by atoms with E-state index in [4.69, 9.17) is 16.1 Å². The summed E-state index contributed by atoms with van der Waals surface area (Å²) >= 11 is 6.33. The Labute approximate surface area is 215 Å². The number of benzene rings is 2. The van der Waals surface area contributed by atoms with Crippen LogP contribution in [0.25, 0.3) is 11.3 Å². The molecule has 3 aromatic rings. The number of aromatic nitrogens is 1. The molecule has 0 bridgehead atoms. The van der Waals surface area contributed by atoms with Gasteiger partial charge in [0.05, 0.1) is 10.6 Å². The van der Waals surface area contributed by atoms with E-state index >= 15 is 0 Å². The van der Waals surface area contributed by atoms with Gasteiger partial charge >= 0.3 is 6.18 Å². The van der Waals surface area contributed by atoms with Crippen molar-refractivity contribution in [2.75, 3.05) is 30.1 Å². The zero-order valence-electron chi connectivity index (χ0n) is 20.0. The summed E-state index contributed by atoms with van der Waals surface area (Å²) < 4.78 is 75.1. The molecule has 1 heterocycles. The molecule has 0 saturated heterocycles. The van der Waals surface area contributed by atoms with Gasteiger partial charge < -0.3 is 9.42 Å². The first-order valence-corrected chi connectivity index (χ1v) is 13.3. The molecule has 0 amide bonds. The monoisotopic (exact) mass is 545 g/mol. The Morgan fingerprint density at radius 3 is 2.47 bits per heavy atom. The molecule has 0 spiro atoms. The van der Waals surface area contributed by atoms with Crippen LogP contribution >= 0.6 is 11.6 Å². The second-order valence-corrected chi connectivity index (χ2v) is 9.83. The molecular weight excluding hydrogens is 518 g/mol. The molecule has 196 valence electrons. The Morgan fingerprint density at radius 2 is 1.81 bits per heavy atom. The molecule has 3 rings (SSSR count). The molecule has 0 fully saturated rings. The maximum atomic E-state index is 14.5. The number of hydrogen-bond donors (Lipinski definition) is 1. The molecule has 1 N–H and O–H groups in total. The highest BCUT2D eigenvalue weighted by atomic mass is 35.5. The zero-order chi connectivity index (χ0) is 26.3. The lowest BCUT2D eigenvalue weighted by atomic mass is 10.0. The number of nitrogens with zero attached hydrogens (tertiary/aromatic N) is 2. The lowest BCUT2D eigenvalue weighted by Crippen LogP contribution is -2.25. The fourth-order valence-corrected chi connectivity index (χ4v) is 4.96. The van der Waals surface area contributed by atoms with Gasteiger partial charge in [-0.25, -0.2) is 8.60 Å². The van der Waals surface area contributed by atoms with Crippen LogP contribution in [0.2, 0.25) is 5.02 Å². The Morgan fingerprint density at radius 1 is 1.08 bits per heavy atom. The third-order valence-corrected chi connectivity index (χ3v) is 7.23. The van der Waals surface area contributed by atoms with Crippen molar-refractivity contribution in [1.29, 1.82) is 0 Å². The number of nitrogens with one attached hydrogen (secondary N) is 1. The zero-order valence-corrected chi connectivity index (χ0v) is 21.6. The van der Waals surface area contributed by atoms with Crippen molar-refractivity contribution in [1.82, 2.24) is 10.1 Å². The molecule has 1 atom stereocenters. The molecule has 5 nitrogen and oxygen atoms in total. The number of aryl methyl sites for hydroxylation is 2. The van der Waals surface area contributed by atoms with Crippen molar-refractivity contribution in [2.45, 2.75) is 39.3 Å². The van der Waals surface area contributed by atoms with Crippen molar-refractivity contribution < 1.29 is 26.3 Å². The Balaban J connectivity index is 1.84. The highest BCUT2D eigenvalue weighted by Gasteiger charge is 2.34. The fourth-order valence-electron chi connectivity index (χ4n) is 3.80. The average molecular weight is 546 g/mol. The molecule has 11 heteroatoms. The minimum atomic E-state index is -4.79. The van der Waals surface area contributed by atoms with E-state index in [1.807, 2.05) is 0 Å². The first-order chi connectivity index (χ1) is 17.2. The third kappa shape index (κ3) is 7.08. The summed E-state index contributed by atoms with van der Waals surface area (Å²) in [7, 11) is -1.48. The van der Waals surface area contributed by atoms with Crippen LogP contribution < -0.4 is 4.72 Å². The Hall–Kier alpha value is -2.43. The van der Waals surface area contributed by atoms with Gasteiger partial charge in [0.1, 0.15) is 28.2 Å². The third-order valence-electron chi connectivity index (χ3n) is 5.81. The van der Waals surface area contributed by atoms with Crippen LogP contribution in [-0.4, -0.2) is 39.7 Å². The first kappa shape index (κ1) is 28.1. The summed E-state index contributed by atoms with van der Waals surface area (Å²) in [5.41, 5.74) is -0.218. The first-order valence-electron chi connectivity index (χ1n) is 11.6. The molecule has 0 aliphatic carbocycles. The normalized spacial score (nSPS) is 12.8. The summed E-state index contributed by atoms with van der Waals surface area (Å²) in [6.45, 7) is 6.71. The number of halogens is 5. The molecular formula is C25H28ClF4N3O2S. The van der Waals surface area contributed by atoms with Gasteiger partial charge in [-0.15, -0.1) is 0 Å². The van der Waals surface area contributed by atoms with E-state index in [0.717, 1.165) is 19.6 Å². The van der Waals surface area contributed by atoms with E-state index in [9.17, 15) is 21.8 Å². The van der Waals surface area contributed by atoms with Gasteiger partial charge in [0.15, 0.2) is 5.76 Å². The topological polar surface area (TPSA) is 58.4 Å². The van der Waals surface area contributed by atoms with Gasteiger partial charge in [-0.1, -0.05) is 60.9 Å². The SMILES string of the molecule is CCN(CC)CCCS(=O)Nc1c(-c2ccccc2Cl)noc1CCc1cccc(C(F)(F)F)c1F. The molecule has 0 aliphatic heterocycles. The number of rotatable bonds is 12. The molecule has 0 radical (unpaired) electrons. The maximum absolute atomic E-state index is 14.5. The van der Waals surface area contributed by atoms with Gasteiger partial charge in [-0.3, -0.25) is 4.72 Å². The summed E-state index contributed by atoms with van der Waals surface area (Å²) in [6.07, 6.45) is -4.14. The van der Waals surface area contributed by atoms with E-state index in [1.165, 1.54) is 12.1 Å². The smallest absolute Gasteiger partial charge is 0.358 e. The lowest BCUT2D eigenvalue weighted by Gasteiger charge is -2.17. The summed E-state index contributed by atoms with van der Waals surface area (Å²) in [6, 6.07) is 10.1. The number of hydrogen-bond acceptors (Lipinski definition) is 4. The van der Waals surface area contributed by atoms with Crippen LogP contribution in [0.4, 0.5) is 23.2 Å². The van der Waals surface area contributed by atoms with Crippen molar-refractivity contribution in [2.24, 2.45) is 0 Å². The molecule has 1 aromatic heterocycles. The highest BCUT2D eigenvalue weighted by molar-refractivity contribution is 7.86. The molecule has 1 unspecified atom stereocenters. The second-order valence-electron chi connectivity index (χ2n) is 8.12. The molecule has 0 aliphatic rings. The van der Waals surface area contributed by atoms with E-state index in [0.29, 0.717) is 40.2 Å². The van der Waals surface area contributed by atoms with E-state index in [-0.39, 0.29) is 24.2 Å². The summed E-state index contributed by atoms with van der Waals surface area (Å²) in [4.78, 5) is 2.22. The number of anilines is 1. The van der Waals surface area contributed by atoms with Crippen LogP contribution in [0.15, 0.2) is 47.0 Å². The molecule has 36 heavy (non-hydrogen) atoms.